The Morgan fingerprint density at radius 2 is 2.17 bits per heavy atom. The number of Topliss-reactive ketones (excluding diaryl/α,β-unsaturated/α-hetero) is 1. The number of carbonyl (C=O) groups excluding carboxylic acids is 2. The lowest BCUT2D eigenvalue weighted by atomic mass is 9.85. The first-order valence-corrected chi connectivity index (χ1v) is 5.58. The van der Waals surface area contributed by atoms with E-state index in [0.717, 1.165) is 11.1 Å². The number of rotatable bonds is 4. The van der Waals surface area contributed by atoms with Crippen LogP contribution in [0.25, 0.3) is 0 Å². The van der Waals surface area contributed by atoms with Crippen molar-refractivity contribution >= 4 is 11.8 Å². The first kappa shape index (κ1) is 12.4. The van der Waals surface area contributed by atoms with E-state index in [2.05, 4.69) is 11.3 Å². The number of ether oxygens (including phenoxy) is 2. The summed E-state index contributed by atoms with van der Waals surface area (Å²) in [5.74, 6) is 0.0441. The molecule has 0 aliphatic heterocycles. The van der Waals surface area contributed by atoms with Crippen LogP contribution in [0.5, 0.6) is 5.75 Å². The van der Waals surface area contributed by atoms with Crippen LogP contribution in [0.1, 0.15) is 33.2 Å². The molecule has 1 aromatic rings. The van der Waals surface area contributed by atoms with Gasteiger partial charge in [0.2, 0.25) is 0 Å². The van der Waals surface area contributed by atoms with Gasteiger partial charge in [0.1, 0.15) is 12.4 Å². The van der Waals surface area contributed by atoms with Crippen molar-refractivity contribution in [1.29, 1.82) is 0 Å². The van der Waals surface area contributed by atoms with Crippen LogP contribution >= 0.6 is 0 Å². The van der Waals surface area contributed by atoms with Crippen molar-refractivity contribution in [2.24, 2.45) is 0 Å². The SMILES string of the molecule is C=C(C)COc1cc(C(=O)OC)cc2c1C(=O)C2. The van der Waals surface area contributed by atoms with E-state index in [-0.39, 0.29) is 5.78 Å². The van der Waals surface area contributed by atoms with Gasteiger partial charge in [-0.2, -0.15) is 0 Å². The summed E-state index contributed by atoms with van der Waals surface area (Å²) in [7, 11) is 1.32. The molecule has 0 spiro atoms. The third-order valence-corrected chi connectivity index (χ3v) is 2.71. The lowest BCUT2D eigenvalue weighted by Gasteiger charge is -2.22. The second-order valence-corrected chi connectivity index (χ2v) is 4.35. The molecule has 94 valence electrons. The van der Waals surface area contributed by atoms with Crippen LogP contribution < -0.4 is 4.74 Å². The molecule has 0 atom stereocenters. The van der Waals surface area contributed by atoms with Crippen LogP contribution in [0.15, 0.2) is 24.3 Å². The molecule has 1 aromatic carbocycles. The summed E-state index contributed by atoms with van der Waals surface area (Å²) in [5.41, 5.74) is 2.66. The van der Waals surface area contributed by atoms with Gasteiger partial charge in [-0.25, -0.2) is 4.79 Å². The van der Waals surface area contributed by atoms with Gasteiger partial charge >= 0.3 is 5.97 Å². The van der Waals surface area contributed by atoms with Crippen molar-refractivity contribution in [3.8, 4) is 5.75 Å². The Labute approximate surface area is 105 Å². The molecular weight excluding hydrogens is 232 g/mol. The fraction of sp³-hybridized carbons (Fsp3) is 0.286. The number of ketones is 1. The van der Waals surface area contributed by atoms with E-state index in [1.54, 1.807) is 12.1 Å². The highest BCUT2D eigenvalue weighted by Crippen LogP contribution is 2.34. The number of methoxy groups -OCH3 is 1. The number of esters is 1. The second-order valence-electron chi connectivity index (χ2n) is 4.35. The predicted molar refractivity (Wildman–Crippen MR) is 66.1 cm³/mol. The average Bonchev–Trinajstić information content (AvgIpc) is 2.32. The summed E-state index contributed by atoms with van der Waals surface area (Å²) >= 11 is 0. The van der Waals surface area contributed by atoms with E-state index in [0.29, 0.717) is 29.9 Å². The molecular formula is C14H14O4. The van der Waals surface area contributed by atoms with E-state index >= 15 is 0 Å². The molecule has 1 aliphatic rings. The second kappa shape index (κ2) is 4.64. The third-order valence-electron chi connectivity index (χ3n) is 2.71. The van der Waals surface area contributed by atoms with Gasteiger partial charge in [-0.1, -0.05) is 6.58 Å². The van der Waals surface area contributed by atoms with Crippen LogP contribution in [0.3, 0.4) is 0 Å². The Bertz CT molecular complexity index is 543. The van der Waals surface area contributed by atoms with Crippen LogP contribution in [-0.4, -0.2) is 25.5 Å². The van der Waals surface area contributed by atoms with Gasteiger partial charge in [0.15, 0.2) is 5.78 Å². The van der Waals surface area contributed by atoms with Gasteiger partial charge < -0.3 is 9.47 Å². The van der Waals surface area contributed by atoms with Crippen molar-refractivity contribution in [3.05, 3.63) is 41.0 Å². The summed E-state index contributed by atoms with van der Waals surface area (Å²) in [6, 6.07) is 3.22. The Morgan fingerprint density at radius 3 is 2.72 bits per heavy atom. The maximum atomic E-state index is 11.5. The van der Waals surface area contributed by atoms with E-state index < -0.39 is 5.97 Å². The predicted octanol–water partition coefficient (Wildman–Crippen LogP) is 2.17. The molecule has 0 N–H and O–H groups in total. The van der Waals surface area contributed by atoms with Gasteiger partial charge in [0.05, 0.1) is 18.2 Å². The first-order valence-electron chi connectivity index (χ1n) is 5.58. The minimum Gasteiger partial charge on any atom is -0.488 e. The Hall–Kier alpha value is -2.10. The zero-order valence-corrected chi connectivity index (χ0v) is 10.4. The summed E-state index contributed by atoms with van der Waals surface area (Å²) < 4.78 is 10.2. The molecule has 0 amide bonds. The van der Waals surface area contributed by atoms with Crippen molar-refractivity contribution in [2.75, 3.05) is 13.7 Å². The third kappa shape index (κ3) is 2.14. The monoisotopic (exact) mass is 246 g/mol. The minimum atomic E-state index is -0.433. The molecule has 0 fully saturated rings. The van der Waals surface area contributed by atoms with E-state index in [1.807, 2.05) is 6.92 Å². The van der Waals surface area contributed by atoms with Crippen LogP contribution in [0, 0.1) is 0 Å². The highest BCUT2D eigenvalue weighted by atomic mass is 16.5. The fourth-order valence-electron chi connectivity index (χ4n) is 1.83. The van der Waals surface area contributed by atoms with E-state index in [1.165, 1.54) is 7.11 Å². The van der Waals surface area contributed by atoms with Crippen LogP contribution in [0.2, 0.25) is 0 Å². The molecule has 0 heterocycles. The quantitative estimate of drug-likeness (QED) is 0.603. The molecule has 1 aliphatic carbocycles. The highest BCUT2D eigenvalue weighted by molar-refractivity contribution is 6.10. The van der Waals surface area contributed by atoms with Crippen LogP contribution in [-0.2, 0) is 11.2 Å². The molecule has 4 nitrogen and oxygen atoms in total. The molecule has 0 unspecified atom stereocenters. The molecule has 4 heteroatoms. The molecule has 18 heavy (non-hydrogen) atoms. The summed E-state index contributed by atoms with van der Waals surface area (Å²) in [6.07, 6.45) is 0.351. The number of hydrogen-bond acceptors (Lipinski definition) is 4. The highest BCUT2D eigenvalue weighted by Gasteiger charge is 2.29. The van der Waals surface area contributed by atoms with Crippen molar-refractivity contribution in [3.63, 3.8) is 0 Å². The molecule has 0 bridgehead atoms. The topological polar surface area (TPSA) is 52.6 Å². The fourth-order valence-corrected chi connectivity index (χ4v) is 1.83. The van der Waals surface area contributed by atoms with Gasteiger partial charge in [-0.15, -0.1) is 0 Å². The van der Waals surface area contributed by atoms with Gasteiger partial charge in [-0.3, -0.25) is 4.79 Å². The number of fused-ring (bicyclic) bond motifs is 1. The molecule has 0 aromatic heterocycles. The summed E-state index contributed by atoms with van der Waals surface area (Å²) in [5, 5.41) is 0. The number of benzene rings is 1. The lowest BCUT2D eigenvalue weighted by Crippen LogP contribution is -2.22. The largest absolute Gasteiger partial charge is 0.488 e. The standard InChI is InChI=1S/C14H14O4/c1-8(2)7-18-12-6-10(14(16)17-3)4-9-5-11(15)13(9)12/h4,6H,1,5,7H2,2-3H3. The van der Waals surface area contributed by atoms with E-state index in [4.69, 9.17) is 4.74 Å². The summed E-state index contributed by atoms with van der Waals surface area (Å²) in [6.45, 7) is 5.89. The van der Waals surface area contributed by atoms with Crippen molar-refractivity contribution in [2.45, 2.75) is 13.3 Å². The van der Waals surface area contributed by atoms with Crippen LogP contribution in [0.4, 0.5) is 0 Å². The molecule has 0 saturated heterocycles. The lowest BCUT2D eigenvalue weighted by molar-refractivity contribution is 0.0599. The Morgan fingerprint density at radius 1 is 1.44 bits per heavy atom. The first-order chi connectivity index (χ1) is 8.52. The Kier molecular flexibility index (Phi) is 3.19. The van der Waals surface area contributed by atoms with Crippen molar-refractivity contribution < 1.29 is 19.1 Å². The molecule has 0 radical (unpaired) electrons. The minimum absolute atomic E-state index is 0.0399. The molecule has 0 saturated carbocycles. The Balaban J connectivity index is 2.36. The van der Waals surface area contributed by atoms with E-state index in [9.17, 15) is 9.59 Å². The molecule has 2 rings (SSSR count). The zero-order valence-electron chi connectivity index (χ0n) is 10.4. The summed E-state index contributed by atoms with van der Waals surface area (Å²) in [4.78, 5) is 23.0. The van der Waals surface area contributed by atoms with Gasteiger partial charge in [0, 0.05) is 6.42 Å². The maximum Gasteiger partial charge on any atom is 0.337 e. The van der Waals surface area contributed by atoms with Gasteiger partial charge in [-0.05, 0) is 30.2 Å². The zero-order chi connectivity index (χ0) is 13.3. The average molecular weight is 246 g/mol. The normalized spacial score (nSPS) is 12.4. The van der Waals surface area contributed by atoms with Gasteiger partial charge in [0.25, 0.3) is 0 Å². The number of carbonyl (C=O) groups is 2. The maximum absolute atomic E-state index is 11.5. The smallest absolute Gasteiger partial charge is 0.337 e. The number of hydrogen-bond donors (Lipinski definition) is 0. The van der Waals surface area contributed by atoms with Crippen molar-refractivity contribution in [1.82, 2.24) is 0 Å².